The van der Waals surface area contributed by atoms with Gasteiger partial charge in [-0.3, -0.25) is 4.90 Å². The third kappa shape index (κ3) is 4.58. The number of carbonyl (C=O) groups excluding carboxylic acids is 1. The van der Waals surface area contributed by atoms with E-state index in [1.807, 2.05) is 17.9 Å². The molecule has 0 unspecified atom stereocenters. The van der Waals surface area contributed by atoms with E-state index in [2.05, 4.69) is 29.7 Å². The van der Waals surface area contributed by atoms with E-state index < -0.39 is 0 Å². The second-order valence-electron chi connectivity index (χ2n) is 6.99. The van der Waals surface area contributed by atoms with E-state index >= 15 is 0 Å². The van der Waals surface area contributed by atoms with Gasteiger partial charge in [0.25, 0.3) is 0 Å². The van der Waals surface area contributed by atoms with Crippen LogP contribution in [0.4, 0.5) is 4.79 Å². The molecule has 1 fully saturated rings. The average Bonchev–Trinajstić information content (AvgIpc) is 2.67. The first-order valence-corrected chi connectivity index (χ1v) is 9.74. The van der Waals surface area contributed by atoms with Crippen LogP contribution < -0.4 is 0 Å². The molecule has 0 N–H and O–H groups in total. The van der Waals surface area contributed by atoms with Crippen molar-refractivity contribution in [2.24, 2.45) is 0 Å². The maximum atomic E-state index is 11.9. The molecule has 3 rings (SSSR count). The number of piperidine rings is 1. The Bertz CT molecular complexity index is 623. The molecule has 2 heterocycles. The summed E-state index contributed by atoms with van der Waals surface area (Å²) in [6.45, 7) is 10.6. The van der Waals surface area contributed by atoms with Gasteiger partial charge in [-0.25, -0.2) is 4.79 Å². The van der Waals surface area contributed by atoms with Crippen molar-refractivity contribution in [2.45, 2.75) is 38.6 Å². The number of ether oxygens (including phenoxy) is 2. The maximum Gasteiger partial charge on any atom is 0.409 e. The molecular weight excluding hydrogens is 328 g/mol. The zero-order chi connectivity index (χ0) is 18.4. The van der Waals surface area contributed by atoms with Gasteiger partial charge in [0.15, 0.2) is 0 Å². The fourth-order valence-corrected chi connectivity index (χ4v) is 3.95. The molecule has 2 aliphatic heterocycles. The Morgan fingerprint density at radius 3 is 2.77 bits per heavy atom. The third-order valence-corrected chi connectivity index (χ3v) is 5.37. The van der Waals surface area contributed by atoms with E-state index in [0.29, 0.717) is 19.3 Å². The molecule has 0 aliphatic carbocycles. The first kappa shape index (κ1) is 18.8. The van der Waals surface area contributed by atoms with Crippen molar-refractivity contribution in [3.63, 3.8) is 0 Å². The molecule has 1 amide bonds. The highest BCUT2D eigenvalue weighted by Crippen LogP contribution is 2.23. The van der Waals surface area contributed by atoms with Crippen molar-refractivity contribution in [1.82, 2.24) is 9.80 Å². The summed E-state index contributed by atoms with van der Waals surface area (Å²) >= 11 is 0. The van der Waals surface area contributed by atoms with Gasteiger partial charge in [-0.2, -0.15) is 0 Å². The fraction of sp³-hybridized carbons (Fsp3) is 0.571. The molecule has 1 aromatic carbocycles. The van der Waals surface area contributed by atoms with E-state index in [-0.39, 0.29) is 6.09 Å². The number of hydrogen-bond donors (Lipinski definition) is 0. The molecule has 0 atom stereocenters. The van der Waals surface area contributed by atoms with Gasteiger partial charge >= 0.3 is 6.09 Å². The van der Waals surface area contributed by atoms with E-state index in [1.54, 1.807) is 0 Å². The Morgan fingerprint density at radius 1 is 1.23 bits per heavy atom. The minimum Gasteiger partial charge on any atom is -0.492 e. The molecule has 0 aromatic heterocycles. The molecule has 0 spiro atoms. The number of hydrogen-bond acceptors (Lipinski definition) is 4. The smallest absolute Gasteiger partial charge is 0.409 e. The molecule has 26 heavy (non-hydrogen) atoms. The van der Waals surface area contributed by atoms with Crippen LogP contribution in [0.5, 0.6) is 0 Å². The van der Waals surface area contributed by atoms with Crippen molar-refractivity contribution >= 4 is 11.9 Å². The first-order chi connectivity index (χ1) is 12.7. The van der Waals surface area contributed by atoms with Crippen LogP contribution in [0.1, 0.15) is 37.3 Å². The summed E-state index contributed by atoms with van der Waals surface area (Å²) < 4.78 is 11.1. The summed E-state index contributed by atoms with van der Waals surface area (Å²) in [5.74, 6) is 0.777. The Labute approximate surface area is 156 Å². The number of likely N-dealkylation sites (tertiary alicyclic amines) is 1. The number of aryl methyl sites for hydroxylation is 1. The number of fused-ring (bicyclic) bond motifs is 1. The Morgan fingerprint density at radius 2 is 2.00 bits per heavy atom. The molecule has 0 bridgehead atoms. The van der Waals surface area contributed by atoms with Gasteiger partial charge in [-0.1, -0.05) is 30.8 Å². The minimum absolute atomic E-state index is 0.178. The zero-order valence-corrected chi connectivity index (χ0v) is 15.8. The quantitative estimate of drug-likeness (QED) is 0.811. The van der Waals surface area contributed by atoms with Crippen LogP contribution in [0.15, 0.2) is 30.8 Å². The van der Waals surface area contributed by atoms with Gasteiger partial charge in [-0.15, -0.1) is 0 Å². The number of nitrogens with zero attached hydrogens (tertiary/aromatic N) is 2. The lowest BCUT2D eigenvalue weighted by Gasteiger charge is -2.38. The van der Waals surface area contributed by atoms with Crippen LogP contribution in [-0.4, -0.2) is 61.3 Å². The fourth-order valence-electron chi connectivity index (χ4n) is 3.95. The molecule has 0 saturated carbocycles. The number of benzene rings is 1. The summed E-state index contributed by atoms with van der Waals surface area (Å²) in [5, 5.41) is 0. The number of amides is 1. The lowest BCUT2D eigenvalue weighted by molar-refractivity contribution is 0.0675. The van der Waals surface area contributed by atoms with Gasteiger partial charge in [0, 0.05) is 31.2 Å². The molecule has 5 heteroatoms. The topological polar surface area (TPSA) is 42.0 Å². The lowest BCUT2D eigenvalue weighted by Crippen LogP contribution is -2.48. The standard InChI is InChI=1S/C21H30N2O3/c1-3-25-21(24)23-13-10-19(11-14-23)22-12-6-8-18-7-4-5-9-20(18)17(2)26-16-15-22/h4-5,7,9,19H,2-3,6,8,10-16H2,1H3. The summed E-state index contributed by atoms with van der Waals surface area (Å²) in [4.78, 5) is 16.2. The zero-order valence-electron chi connectivity index (χ0n) is 15.8. The van der Waals surface area contributed by atoms with Gasteiger partial charge in [0.2, 0.25) is 0 Å². The monoisotopic (exact) mass is 358 g/mol. The molecule has 142 valence electrons. The van der Waals surface area contributed by atoms with Crippen molar-refractivity contribution in [3.8, 4) is 0 Å². The van der Waals surface area contributed by atoms with Crippen LogP contribution in [0, 0.1) is 0 Å². The van der Waals surface area contributed by atoms with Crippen molar-refractivity contribution in [1.29, 1.82) is 0 Å². The molecule has 0 radical (unpaired) electrons. The van der Waals surface area contributed by atoms with Crippen LogP contribution >= 0.6 is 0 Å². The Kier molecular flexibility index (Phi) is 6.56. The van der Waals surface area contributed by atoms with Gasteiger partial charge in [0.05, 0.1) is 6.61 Å². The number of rotatable bonds is 2. The predicted octanol–water partition coefficient (Wildman–Crippen LogP) is 3.54. The van der Waals surface area contributed by atoms with Crippen molar-refractivity contribution in [3.05, 3.63) is 42.0 Å². The van der Waals surface area contributed by atoms with Crippen molar-refractivity contribution in [2.75, 3.05) is 39.4 Å². The van der Waals surface area contributed by atoms with Crippen LogP contribution in [0.25, 0.3) is 5.76 Å². The molecule has 5 nitrogen and oxygen atoms in total. The van der Waals surface area contributed by atoms with Gasteiger partial charge in [-0.05, 0) is 44.7 Å². The normalized spacial score (nSPS) is 20.2. The van der Waals surface area contributed by atoms with E-state index in [0.717, 1.165) is 63.2 Å². The van der Waals surface area contributed by atoms with E-state index in [4.69, 9.17) is 9.47 Å². The highest BCUT2D eigenvalue weighted by molar-refractivity contribution is 5.67. The highest BCUT2D eigenvalue weighted by atomic mass is 16.6. The average molecular weight is 358 g/mol. The molecule has 1 saturated heterocycles. The van der Waals surface area contributed by atoms with Gasteiger partial charge in [0.1, 0.15) is 12.4 Å². The molecular formula is C21H30N2O3. The first-order valence-electron chi connectivity index (χ1n) is 9.74. The molecule has 2 aliphatic rings. The Balaban J connectivity index is 1.57. The van der Waals surface area contributed by atoms with Crippen LogP contribution in [-0.2, 0) is 15.9 Å². The lowest BCUT2D eigenvalue weighted by atomic mass is 9.99. The minimum atomic E-state index is -0.178. The summed E-state index contributed by atoms with van der Waals surface area (Å²) in [6, 6.07) is 8.91. The summed E-state index contributed by atoms with van der Waals surface area (Å²) in [7, 11) is 0. The van der Waals surface area contributed by atoms with Crippen LogP contribution in [0.3, 0.4) is 0 Å². The SMILES string of the molecule is C=C1OCCN(C2CCN(C(=O)OCC)CC2)CCCc2ccccc21. The second-order valence-corrected chi connectivity index (χ2v) is 6.99. The third-order valence-electron chi connectivity index (χ3n) is 5.37. The summed E-state index contributed by atoms with van der Waals surface area (Å²) in [6.07, 6.45) is 3.98. The predicted molar refractivity (Wildman–Crippen MR) is 103 cm³/mol. The highest BCUT2D eigenvalue weighted by Gasteiger charge is 2.27. The van der Waals surface area contributed by atoms with E-state index in [9.17, 15) is 4.79 Å². The van der Waals surface area contributed by atoms with Gasteiger partial charge < -0.3 is 14.4 Å². The maximum absolute atomic E-state index is 11.9. The summed E-state index contributed by atoms with van der Waals surface area (Å²) in [5.41, 5.74) is 2.46. The number of carbonyl (C=O) groups is 1. The largest absolute Gasteiger partial charge is 0.492 e. The Hall–Kier alpha value is -2.01. The van der Waals surface area contributed by atoms with Crippen LogP contribution in [0.2, 0.25) is 0 Å². The molecule has 1 aromatic rings. The second kappa shape index (κ2) is 9.08. The van der Waals surface area contributed by atoms with E-state index in [1.165, 1.54) is 5.56 Å². The van der Waals surface area contributed by atoms with Crippen molar-refractivity contribution < 1.29 is 14.3 Å².